The van der Waals surface area contributed by atoms with Crippen molar-refractivity contribution in [2.45, 2.75) is 26.0 Å². The van der Waals surface area contributed by atoms with Crippen LogP contribution in [0.25, 0.3) is 0 Å². The zero-order chi connectivity index (χ0) is 15.1. The van der Waals surface area contributed by atoms with Crippen molar-refractivity contribution in [3.05, 3.63) is 35.1 Å². The molecule has 0 spiro atoms. The number of anilines is 1. The normalized spacial score (nSPS) is 10.8. The highest BCUT2D eigenvalue weighted by atomic mass is 32.2. The molecule has 2 heterocycles. The number of amides is 1. The van der Waals surface area contributed by atoms with Crippen molar-refractivity contribution in [2.75, 3.05) is 11.1 Å². The molecule has 0 fully saturated rings. The number of carbonyl (C=O) groups is 1. The second kappa shape index (κ2) is 8.09. The Kier molecular flexibility index (Phi) is 6.13. The van der Waals surface area contributed by atoms with Crippen LogP contribution in [-0.4, -0.2) is 26.8 Å². The molecule has 0 aliphatic rings. The maximum Gasteiger partial charge on any atom is 0.236 e. The molecule has 2 rings (SSSR count). The number of hydrogen-bond acceptors (Lipinski definition) is 6. The minimum Gasteiger partial charge on any atom is -0.300 e. The Balaban J connectivity index is 1.73. The average molecular weight is 322 g/mol. The van der Waals surface area contributed by atoms with Crippen LogP contribution >= 0.6 is 23.1 Å². The number of pyridine rings is 1. The highest BCUT2D eigenvalue weighted by Gasteiger charge is 2.09. The molecule has 0 aromatic carbocycles. The lowest BCUT2D eigenvalue weighted by atomic mass is 10.1. The lowest BCUT2D eigenvalue weighted by molar-refractivity contribution is -0.113. The van der Waals surface area contributed by atoms with Crippen LogP contribution < -0.4 is 5.32 Å². The van der Waals surface area contributed by atoms with Gasteiger partial charge in [0.05, 0.1) is 11.4 Å². The molecular weight excluding hydrogens is 304 g/mol. The fourth-order valence-corrected chi connectivity index (χ4v) is 3.33. The summed E-state index contributed by atoms with van der Waals surface area (Å²) in [6.07, 6.45) is 2.65. The van der Waals surface area contributed by atoms with E-state index in [4.69, 9.17) is 0 Å². The molecule has 21 heavy (non-hydrogen) atoms. The van der Waals surface area contributed by atoms with Gasteiger partial charge in [0.1, 0.15) is 5.01 Å². The van der Waals surface area contributed by atoms with Crippen molar-refractivity contribution in [1.82, 2.24) is 15.2 Å². The summed E-state index contributed by atoms with van der Waals surface area (Å²) in [5.41, 5.74) is 0.977. The zero-order valence-electron chi connectivity index (χ0n) is 12.1. The number of carbonyl (C=O) groups excluding carboxylic acids is 1. The average Bonchev–Trinajstić information content (AvgIpc) is 2.86. The van der Waals surface area contributed by atoms with Crippen LogP contribution in [0.2, 0.25) is 0 Å². The van der Waals surface area contributed by atoms with Gasteiger partial charge >= 0.3 is 0 Å². The molecule has 0 atom stereocenters. The first-order valence-corrected chi connectivity index (χ1v) is 8.70. The zero-order valence-corrected chi connectivity index (χ0v) is 13.7. The highest BCUT2D eigenvalue weighted by molar-refractivity contribution is 7.99. The first kappa shape index (κ1) is 15.9. The van der Waals surface area contributed by atoms with Gasteiger partial charge in [-0.25, -0.2) is 0 Å². The lowest BCUT2D eigenvalue weighted by Gasteiger charge is -2.01. The first-order chi connectivity index (χ1) is 10.1. The van der Waals surface area contributed by atoms with Gasteiger partial charge in [-0.3, -0.25) is 15.1 Å². The molecule has 0 unspecified atom stereocenters. The van der Waals surface area contributed by atoms with Crippen molar-refractivity contribution in [3.8, 4) is 0 Å². The standard InChI is InChI=1S/C14H18N4OS2/c1-10(2)7-13-17-18-14(21-13)16-12(19)9-20-8-11-5-3-4-6-15-11/h3-6,10H,7-9H2,1-2H3,(H,16,18,19). The number of nitrogens with zero attached hydrogens (tertiary/aromatic N) is 3. The molecule has 2 aromatic heterocycles. The van der Waals surface area contributed by atoms with E-state index < -0.39 is 0 Å². The number of thioether (sulfide) groups is 1. The first-order valence-electron chi connectivity index (χ1n) is 6.73. The lowest BCUT2D eigenvalue weighted by Crippen LogP contribution is -2.14. The van der Waals surface area contributed by atoms with Crippen LogP contribution in [0.1, 0.15) is 24.5 Å². The van der Waals surface area contributed by atoms with E-state index in [0.717, 1.165) is 22.9 Å². The van der Waals surface area contributed by atoms with E-state index in [1.807, 2.05) is 18.2 Å². The summed E-state index contributed by atoms with van der Waals surface area (Å²) in [5, 5.41) is 12.4. The molecule has 0 aliphatic heterocycles. The van der Waals surface area contributed by atoms with Gasteiger partial charge in [-0.1, -0.05) is 31.3 Å². The summed E-state index contributed by atoms with van der Waals surface area (Å²) in [6, 6.07) is 5.78. The molecule has 1 amide bonds. The van der Waals surface area contributed by atoms with Crippen LogP contribution in [0.5, 0.6) is 0 Å². The van der Waals surface area contributed by atoms with Crippen molar-refractivity contribution in [3.63, 3.8) is 0 Å². The smallest absolute Gasteiger partial charge is 0.236 e. The molecule has 2 aromatic rings. The molecule has 0 bridgehead atoms. The van der Waals surface area contributed by atoms with Gasteiger partial charge in [0, 0.05) is 18.4 Å². The fraction of sp³-hybridized carbons (Fsp3) is 0.429. The van der Waals surface area contributed by atoms with Crippen molar-refractivity contribution >= 4 is 34.1 Å². The van der Waals surface area contributed by atoms with Gasteiger partial charge in [0.25, 0.3) is 0 Å². The topological polar surface area (TPSA) is 67.8 Å². The van der Waals surface area contributed by atoms with Crippen LogP contribution in [0.3, 0.4) is 0 Å². The quantitative estimate of drug-likeness (QED) is 0.848. The number of rotatable bonds is 7. The third-order valence-corrected chi connectivity index (χ3v) is 4.33. The third-order valence-electron chi connectivity index (χ3n) is 2.51. The van der Waals surface area contributed by atoms with Crippen molar-refractivity contribution < 1.29 is 4.79 Å². The van der Waals surface area contributed by atoms with E-state index >= 15 is 0 Å². The van der Waals surface area contributed by atoms with E-state index in [1.54, 1.807) is 6.20 Å². The molecule has 1 N–H and O–H groups in total. The molecule has 0 aliphatic carbocycles. The van der Waals surface area contributed by atoms with E-state index in [0.29, 0.717) is 16.8 Å². The second-order valence-electron chi connectivity index (χ2n) is 4.96. The van der Waals surface area contributed by atoms with Crippen molar-refractivity contribution in [2.24, 2.45) is 5.92 Å². The molecule has 112 valence electrons. The van der Waals surface area contributed by atoms with Crippen LogP contribution in [0, 0.1) is 5.92 Å². The van der Waals surface area contributed by atoms with Crippen molar-refractivity contribution in [1.29, 1.82) is 0 Å². The third kappa shape index (κ3) is 5.81. The van der Waals surface area contributed by atoms with E-state index in [2.05, 4.69) is 34.3 Å². The Morgan fingerprint density at radius 2 is 2.24 bits per heavy atom. The largest absolute Gasteiger partial charge is 0.300 e. The maximum absolute atomic E-state index is 11.8. The Labute approximate surface area is 132 Å². The Morgan fingerprint density at radius 3 is 2.95 bits per heavy atom. The molecule has 0 saturated carbocycles. The summed E-state index contributed by atoms with van der Waals surface area (Å²) in [6.45, 7) is 4.27. The van der Waals surface area contributed by atoms with Gasteiger partial charge in [0.2, 0.25) is 11.0 Å². The van der Waals surface area contributed by atoms with Gasteiger partial charge in [-0.15, -0.1) is 22.0 Å². The molecule has 7 heteroatoms. The Bertz CT molecular complexity index is 571. The number of aromatic nitrogens is 3. The molecule has 0 radical (unpaired) electrons. The van der Waals surface area contributed by atoms with E-state index in [1.165, 1.54) is 23.1 Å². The summed E-state index contributed by atoms with van der Waals surface area (Å²) in [7, 11) is 0. The SMILES string of the molecule is CC(C)Cc1nnc(NC(=O)CSCc2ccccn2)s1. The van der Waals surface area contributed by atoms with Gasteiger partial charge in [0.15, 0.2) is 0 Å². The predicted molar refractivity (Wildman–Crippen MR) is 87.5 cm³/mol. The number of hydrogen-bond donors (Lipinski definition) is 1. The van der Waals surface area contributed by atoms with Gasteiger partial charge < -0.3 is 0 Å². The van der Waals surface area contributed by atoms with Crippen LogP contribution in [-0.2, 0) is 17.0 Å². The maximum atomic E-state index is 11.8. The minimum atomic E-state index is -0.0526. The molecule has 0 saturated heterocycles. The number of nitrogens with one attached hydrogen (secondary N) is 1. The summed E-state index contributed by atoms with van der Waals surface area (Å²) in [5.74, 6) is 1.59. The Morgan fingerprint density at radius 1 is 1.38 bits per heavy atom. The van der Waals surface area contributed by atoms with E-state index in [9.17, 15) is 4.79 Å². The van der Waals surface area contributed by atoms with Crippen LogP contribution in [0.15, 0.2) is 24.4 Å². The molecule has 5 nitrogen and oxygen atoms in total. The monoisotopic (exact) mass is 322 g/mol. The minimum absolute atomic E-state index is 0.0526. The second-order valence-corrected chi connectivity index (χ2v) is 7.01. The fourth-order valence-electron chi connectivity index (χ4n) is 1.62. The molecular formula is C14H18N4OS2. The van der Waals surface area contributed by atoms with Crippen LogP contribution in [0.4, 0.5) is 5.13 Å². The summed E-state index contributed by atoms with van der Waals surface area (Å²) in [4.78, 5) is 16.0. The summed E-state index contributed by atoms with van der Waals surface area (Å²) < 4.78 is 0. The Hall–Kier alpha value is -1.47. The predicted octanol–water partition coefficient (Wildman–Crippen LogP) is 3.00. The van der Waals surface area contributed by atoms with Gasteiger partial charge in [-0.2, -0.15) is 0 Å². The summed E-state index contributed by atoms with van der Waals surface area (Å²) >= 11 is 2.98. The van der Waals surface area contributed by atoms with E-state index in [-0.39, 0.29) is 5.91 Å². The highest BCUT2D eigenvalue weighted by Crippen LogP contribution is 2.18. The van der Waals surface area contributed by atoms with Gasteiger partial charge in [-0.05, 0) is 18.1 Å².